The van der Waals surface area contributed by atoms with Crippen LogP contribution in [0, 0.1) is 26.7 Å². The van der Waals surface area contributed by atoms with Gasteiger partial charge in [-0.05, 0) is 56.2 Å². The third-order valence-corrected chi connectivity index (χ3v) is 4.71. The van der Waals surface area contributed by atoms with Gasteiger partial charge in [0.25, 0.3) is 0 Å². The Labute approximate surface area is 131 Å². The highest BCUT2D eigenvalue weighted by Crippen LogP contribution is 2.20. The van der Waals surface area contributed by atoms with Gasteiger partial charge in [-0.25, -0.2) is 0 Å². The van der Waals surface area contributed by atoms with E-state index in [1.165, 1.54) is 27.8 Å². The molecule has 1 heteroatoms. The zero-order chi connectivity index (χ0) is 14.5. The molecule has 0 aliphatic rings. The van der Waals surface area contributed by atoms with E-state index in [1.54, 1.807) is 0 Å². The van der Waals surface area contributed by atoms with E-state index in [-0.39, 0.29) is 0 Å². The molecule has 2 aromatic carbocycles. The predicted molar refractivity (Wildman–Crippen MR) is 91.8 cm³/mol. The Morgan fingerprint density at radius 3 is 2.15 bits per heavy atom. The molecular formula is C19H23Br. The molecule has 0 fully saturated rings. The van der Waals surface area contributed by atoms with Crippen LogP contribution in [0.25, 0.3) is 0 Å². The minimum Gasteiger partial charge on any atom is -0.0925 e. The SMILES string of the molecule is Cc1cc(C)cc(CC(CBr)Cc2ccccc2C)c1. The van der Waals surface area contributed by atoms with E-state index in [2.05, 4.69) is 79.2 Å². The van der Waals surface area contributed by atoms with Crippen LogP contribution in [0.3, 0.4) is 0 Å². The molecule has 0 aliphatic heterocycles. The monoisotopic (exact) mass is 330 g/mol. The van der Waals surface area contributed by atoms with Gasteiger partial charge in [-0.3, -0.25) is 0 Å². The van der Waals surface area contributed by atoms with Gasteiger partial charge in [0.2, 0.25) is 0 Å². The van der Waals surface area contributed by atoms with Crippen LogP contribution in [-0.2, 0) is 12.8 Å². The van der Waals surface area contributed by atoms with Crippen molar-refractivity contribution in [3.05, 3.63) is 70.3 Å². The molecule has 0 N–H and O–H groups in total. The lowest BCUT2D eigenvalue weighted by Crippen LogP contribution is -2.11. The van der Waals surface area contributed by atoms with Gasteiger partial charge in [0, 0.05) is 5.33 Å². The molecule has 0 heterocycles. The standard InChI is InChI=1S/C19H23Br/c1-14-8-15(2)10-17(9-14)11-18(13-20)12-19-7-5-4-6-16(19)3/h4-10,18H,11-13H2,1-3H3. The van der Waals surface area contributed by atoms with E-state index in [4.69, 9.17) is 0 Å². The zero-order valence-corrected chi connectivity index (χ0v) is 14.2. The van der Waals surface area contributed by atoms with E-state index in [0.29, 0.717) is 5.92 Å². The molecule has 0 bridgehead atoms. The van der Waals surface area contributed by atoms with Crippen molar-refractivity contribution in [1.82, 2.24) is 0 Å². The number of halogens is 1. The maximum atomic E-state index is 3.69. The summed E-state index contributed by atoms with van der Waals surface area (Å²) in [6.07, 6.45) is 2.28. The predicted octanol–water partition coefficient (Wildman–Crippen LogP) is 5.41. The van der Waals surface area contributed by atoms with Crippen molar-refractivity contribution >= 4 is 15.9 Å². The van der Waals surface area contributed by atoms with Crippen LogP contribution in [0.15, 0.2) is 42.5 Å². The summed E-state index contributed by atoms with van der Waals surface area (Å²) >= 11 is 3.69. The Morgan fingerprint density at radius 1 is 0.900 bits per heavy atom. The number of hydrogen-bond donors (Lipinski definition) is 0. The Kier molecular flexibility index (Phi) is 5.42. The van der Waals surface area contributed by atoms with Crippen molar-refractivity contribution < 1.29 is 0 Å². The quantitative estimate of drug-likeness (QED) is 0.643. The van der Waals surface area contributed by atoms with Crippen molar-refractivity contribution in [2.75, 3.05) is 5.33 Å². The number of alkyl halides is 1. The highest BCUT2D eigenvalue weighted by atomic mass is 79.9. The first-order valence-electron chi connectivity index (χ1n) is 7.26. The molecule has 2 rings (SSSR count). The maximum Gasteiger partial charge on any atom is 0.00660 e. The Morgan fingerprint density at radius 2 is 1.55 bits per heavy atom. The zero-order valence-electron chi connectivity index (χ0n) is 12.6. The topological polar surface area (TPSA) is 0 Å². The number of rotatable bonds is 5. The minimum atomic E-state index is 0.650. The summed E-state index contributed by atoms with van der Waals surface area (Å²) in [7, 11) is 0. The van der Waals surface area contributed by atoms with Gasteiger partial charge in [-0.2, -0.15) is 0 Å². The molecule has 106 valence electrons. The fraction of sp³-hybridized carbons (Fsp3) is 0.368. The molecule has 0 saturated heterocycles. The van der Waals surface area contributed by atoms with Crippen LogP contribution >= 0.6 is 15.9 Å². The highest BCUT2D eigenvalue weighted by molar-refractivity contribution is 9.09. The fourth-order valence-corrected chi connectivity index (χ4v) is 3.31. The largest absolute Gasteiger partial charge is 0.0925 e. The summed E-state index contributed by atoms with van der Waals surface area (Å²) in [6.45, 7) is 6.57. The van der Waals surface area contributed by atoms with Gasteiger partial charge in [0.15, 0.2) is 0 Å². The average molecular weight is 331 g/mol. The second-order valence-electron chi connectivity index (χ2n) is 5.85. The molecule has 0 aromatic heterocycles. The van der Waals surface area contributed by atoms with Crippen LogP contribution in [0.1, 0.15) is 27.8 Å². The lowest BCUT2D eigenvalue weighted by atomic mass is 9.91. The van der Waals surface area contributed by atoms with Gasteiger partial charge in [0.1, 0.15) is 0 Å². The molecule has 20 heavy (non-hydrogen) atoms. The molecule has 0 aliphatic carbocycles. The Bertz CT molecular complexity index is 551. The molecule has 0 nitrogen and oxygen atoms in total. The second kappa shape index (κ2) is 7.08. The van der Waals surface area contributed by atoms with Crippen molar-refractivity contribution in [2.45, 2.75) is 33.6 Å². The molecule has 0 radical (unpaired) electrons. The van der Waals surface area contributed by atoms with Gasteiger partial charge in [-0.15, -0.1) is 0 Å². The molecule has 1 atom stereocenters. The fourth-order valence-electron chi connectivity index (χ4n) is 2.85. The van der Waals surface area contributed by atoms with E-state index < -0.39 is 0 Å². The average Bonchev–Trinajstić information content (AvgIpc) is 2.39. The maximum absolute atomic E-state index is 3.69. The molecule has 2 aromatic rings. The van der Waals surface area contributed by atoms with Crippen molar-refractivity contribution in [1.29, 1.82) is 0 Å². The summed E-state index contributed by atoms with van der Waals surface area (Å²) in [4.78, 5) is 0. The van der Waals surface area contributed by atoms with Crippen LogP contribution in [0.2, 0.25) is 0 Å². The van der Waals surface area contributed by atoms with Gasteiger partial charge in [-0.1, -0.05) is 69.5 Å². The Hall–Kier alpha value is -1.08. The first-order valence-corrected chi connectivity index (χ1v) is 8.38. The number of aryl methyl sites for hydroxylation is 3. The van der Waals surface area contributed by atoms with E-state index >= 15 is 0 Å². The summed E-state index contributed by atoms with van der Waals surface area (Å²) in [5, 5.41) is 1.05. The van der Waals surface area contributed by atoms with Crippen LogP contribution < -0.4 is 0 Å². The second-order valence-corrected chi connectivity index (χ2v) is 6.50. The summed E-state index contributed by atoms with van der Waals surface area (Å²) < 4.78 is 0. The first-order chi connectivity index (χ1) is 9.58. The summed E-state index contributed by atoms with van der Waals surface area (Å²) in [5.74, 6) is 0.650. The lowest BCUT2D eigenvalue weighted by molar-refractivity contribution is 0.589. The van der Waals surface area contributed by atoms with Crippen LogP contribution in [-0.4, -0.2) is 5.33 Å². The van der Waals surface area contributed by atoms with E-state index in [1.807, 2.05) is 0 Å². The van der Waals surface area contributed by atoms with Gasteiger partial charge < -0.3 is 0 Å². The number of hydrogen-bond acceptors (Lipinski definition) is 0. The Balaban J connectivity index is 2.11. The smallest absolute Gasteiger partial charge is 0.00660 e. The summed E-state index contributed by atoms with van der Waals surface area (Å²) in [6, 6.07) is 15.6. The van der Waals surface area contributed by atoms with Gasteiger partial charge in [0.05, 0.1) is 0 Å². The van der Waals surface area contributed by atoms with Crippen molar-refractivity contribution in [3.8, 4) is 0 Å². The summed E-state index contributed by atoms with van der Waals surface area (Å²) in [5.41, 5.74) is 7.06. The molecule has 0 saturated carbocycles. The van der Waals surface area contributed by atoms with E-state index in [0.717, 1.165) is 18.2 Å². The minimum absolute atomic E-state index is 0.650. The van der Waals surface area contributed by atoms with E-state index in [9.17, 15) is 0 Å². The molecular weight excluding hydrogens is 308 g/mol. The van der Waals surface area contributed by atoms with Crippen molar-refractivity contribution in [2.24, 2.45) is 5.92 Å². The van der Waals surface area contributed by atoms with Crippen molar-refractivity contribution in [3.63, 3.8) is 0 Å². The third kappa shape index (κ3) is 4.21. The molecule has 1 unspecified atom stereocenters. The first kappa shape index (κ1) is 15.3. The molecule has 0 amide bonds. The third-order valence-electron chi connectivity index (χ3n) is 3.79. The van der Waals surface area contributed by atoms with Gasteiger partial charge >= 0.3 is 0 Å². The molecule has 0 spiro atoms. The van der Waals surface area contributed by atoms with Crippen LogP contribution in [0.4, 0.5) is 0 Å². The number of benzene rings is 2. The van der Waals surface area contributed by atoms with Crippen LogP contribution in [0.5, 0.6) is 0 Å². The lowest BCUT2D eigenvalue weighted by Gasteiger charge is -2.16. The highest BCUT2D eigenvalue weighted by Gasteiger charge is 2.11. The normalized spacial score (nSPS) is 12.4.